The number of hydrogen-bond acceptors (Lipinski definition) is 4. The lowest BCUT2D eigenvalue weighted by molar-refractivity contribution is -0.149. The Morgan fingerprint density at radius 2 is 2.21 bits per heavy atom. The van der Waals surface area contributed by atoms with Gasteiger partial charge in [0.2, 0.25) is 0 Å². The highest BCUT2D eigenvalue weighted by atomic mass is 79.9. The Labute approximate surface area is 116 Å². The predicted octanol–water partition coefficient (Wildman–Crippen LogP) is 2.60. The van der Waals surface area contributed by atoms with Gasteiger partial charge in [0.15, 0.2) is 0 Å². The number of aromatic nitrogens is 1. The van der Waals surface area contributed by atoms with E-state index >= 15 is 0 Å². The molecule has 0 spiro atoms. The molecule has 1 N–H and O–H groups in total. The maximum absolute atomic E-state index is 12.2. The molecule has 0 aliphatic heterocycles. The van der Waals surface area contributed by atoms with Gasteiger partial charge in [0.25, 0.3) is 0 Å². The van der Waals surface area contributed by atoms with Crippen molar-refractivity contribution < 1.29 is 22.7 Å². The Morgan fingerprint density at radius 1 is 1.53 bits per heavy atom. The highest BCUT2D eigenvalue weighted by molar-refractivity contribution is 9.10. The van der Waals surface area contributed by atoms with Gasteiger partial charge in [0.05, 0.1) is 13.2 Å². The molecule has 1 heterocycles. The zero-order valence-electron chi connectivity index (χ0n) is 10.00. The number of ether oxygens (including phenoxy) is 1. The van der Waals surface area contributed by atoms with Crippen LogP contribution in [-0.4, -0.2) is 30.3 Å². The maximum Gasteiger partial charge on any atom is 0.401 e. The summed E-state index contributed by atoms with van der Waals surface area (Å²) < 4.78 is 42.0. The highest BCUT2D eigenvalue weighted by Gasteiger charge is 2.31. The maximum atomic E-state index is 12.2. The number of rotatable bonds is 5. The Morgan fingerprint density at radius 3 is 2.74 bits per heavy atom. The molecular weight excluding hydrogens is 329 g/mol. The summed E-state index contributed by atoms with van der Waals surface area (Å²) in [6, 6.07) is 0.310. The van der Waals surface area contributed by atoms with Crippen LogP contribution in [0.5, 0.6) is 0 Å². The van der Waals surface area contributed by atoms with Crippen molar-refractivity contribution in [3.05, 3.63) is 28.5 Å². The molecule has 19 heavy (non-hydrogen) atoms. The average Bonchev–Trinajstić information content (AvgIpc) is 2.28. The number of carbonyl (C=O) groups excluding carboxylic acids is 1. The van der Waals surface area contributed by atoms with Gasteiger partial charge in [-0.1, -0.05) is 0 Å². The fourth-order valence-corrected chi connectivity index (χ4v) is 1.75. The average molecular weight is 341 g/mol. The van der Waals surface area contributed by atoms with E-state index in [1.807, 2.05) is 0 Å². The first kappa shape index (κ1) is 15.9. The molecule has 0 radical (unpaired) electrons. The molecule has 1 aromatic rings. The third-order valence-corrected chi connectivity index (χ3v) is 2.52. The number of pyridine rings is 1. The predicted molar refractivity (Wildman–Crippen MR) is 65.4 cm³/mol. The number of hydrogen-bond donors (Lipinski definition) is 1. The normalized spacial score (nSPS) is 13.1. The summed E-state index contributed by atoms with van der Waals surface area (Å²) in [5.41, 5.74) is 0.303. The molecule has 106 valence electrons. The first-order chi connectivity index (χ1) is 8.83. The zero-order chi connectivity index (χ0) is 14.5. The van der Waals surface area contributed by atoms with Crippen molar-refractivity contribution >= 4 is 21.9 Å². The Balaban J connectivity index is 2.89. The van der Waals surface area contributed by atoms with Crippen LogP contribution in [0.3, 0.4) is 0 Å². The van der Waals surface area contributed by atoms with Crippen LogP contribution in [0.2, 0.25) is 0 Å². The van der Waals surface area contributed by atoms with Crippen LogP contribution in [0.4, 0.5) is 13.2 Å². The van der Waals surface area contributed by atoms with Gasteiger partial charge in [-0.25, -0.2) is 4.79 Å². The molecule has 0 fully saturated rings. The first-order valence-corrected chi connectivity index (χ1v) is 6.20. The van der Waals surface area contributed by atoms with Gasteiger partial charge in [-0.05, 0) is 34.5 Å². The molecule has 8 heteroatoms. The SMILES string of the molecule is CCOC(=O)C(NCC(F)(F)F)c1cncc(Br)c1. The number of alkyl halides is 3. The van der Waals surface area contributed by atoms with E-state index in [9.17, 15) is 18.0 Å². The van der Waals surface area contributed by atoms with Crippen LogP contribution >= 0.6 is 15.9 Å². The van der Waals surface area contributed by atoms with Crippen molar-refractivity contribution in [2.45, 2.75) is 19.1 Å². The molecule has 0 aliphatic carbocycles. The van der Waals surface area contributed by atoms with Crippen molar-refractivity contribution in [1.29, 1.82) is 0 Å². The minimum absolute atomic E-state index is 0.0878. The van der Waals surface area contributed by atoms with Crippen molar-refractivity contribution in [3.63, 3.8) is 0 Å². The van der Waals surface area contributed by atoms with E-state index in [2.05, 4.69) is 26.2 Å². The zero-order valence-corrected chi connectivity index (χ0v) is 11.6. The molecular formula is C11H12BrF3N2O2. The molecule has 0 aliphatic rings. The Bertz CT molecular complexity index is 440. The fourth-order valence-electron chi connectivity index (χ4n) is 1.37. The largest absolute Gasteiger partial charge is 0.465 e. The summed E-state index contributed by atoms with van der Waals surface area (Å²) in [5, 5.41) is 2.13. The van der Waals surface area contributed by atoms with E-state index in [1.54, 1.807) is 6.92 Å². The van der Waals surface area contributed by atoms with Crippen LogP contribution in [0.15, 0.2) is 22.9 Å². The van der Waals surface area contributed by atoms with Crippen molar-refractivity contribution in [2.24, 2.45) is 0 Å². The van der Waals surface area contributed by atoms with Crippen LogP contribution in [-0.2, 0) is 9.53 Å². The molecule has 4 nitrogen and oxygen atoms in total. The summed E-state index contributed by atoms with van der Waals surface area (Å²) in [6.45, 7) is 0.380. The van der Waals surface area contributed by atoms with Gasteiger partial charge in [-0.3, -0.25) is 10.3 Å². The van der Waals surface area contributed by atoms with Gasteiger partial charge in [0, 0.05) is 16.9 Å². The summed E-state index contributed by atoms with van der Waals surface area (Å²) in [4.78, 5) is 15.5. The second-order valence-corrected chi connectivity index (χ2v) is 4.53. The lowest BCUT2D eigenvalue weighted by atomic mass is 10.1. The lowest BCUT2D eigenvalue weighted by Gasteiger charge is -2.18. The van der Waals surface area contributed by atoms with Crippen molar-refractivity contribution in [2.75, 3.05) is 13.2 Å². The monoisotopic (exact) mass is 340 g/mol. The second-order valence-electron chi connectivity index (χ2n) is 3.62. The number of nitrogens with one attached hydrogen (secondary N) is 1. The van der Waals surface area contributed by atoms with Crippen molar-refractivity contribution in [1.82, 2.24) is 10.3 Å². The summed E-state index contributed by atoms with van der Waals surface area (Å²) in [6.07, 6.45) is -1.63. The number of halogens is 4. The minimum Gasteiger partial charge on any atom is -0.465 e. The van der Waals surface area contributed by atoms with E-state index in [-0.39, 0.29) is 6.61 Å². The second kappa shape index (κ2) is 6.85. The smallest absolute Gasteiger partial charge is 0.401 e. The van der Waals surface area contributed by atoms with E-state index < -0.39 is 24.7 Å². The summed E-state index contributed by atoms with van der Waals surface area (Å²) in [7, 11) is 0. The molecule has 0 bridgehead atoms. The molecule has 0 amide bonds. The van der Waals surface area contributed by atoms with E-state index in [0.717, 1.165) is 0 Å². The Hall–Kier alpha value is -1.15. The highest BCUT2D eigenvalue weighted by Crippen LogP contribution is 2.20. The van der Waals surface area contributed by atoms with Gasteiger partial charge in [0.1, 0.15) is 6.04 Å². The quantitative estimate of drug-likeness (QED) is 0.837. The standard InChI is InChI=1S/C11H12BrF3N2O2/c1-2-19-10(18)9(17-6-11(13,14)15)7-3-8(12)5-16-4-7/h3-5,9,17H,2,6H2,1H3. The molecule has 1 aromatic heterocycles. The molecule has 0 saturated heterocycles. The lowest BCUT2D eigenvalue weighted by Crippen LogP contribution is -2.37. The topological polar surface area (TPSA) is 51.2 Å². The number of nitrogens with zero attached hydrogens (tertiary/aromatic N) is 1. The molecule has 1 atom stereocenters. The molecule has 0 aromatic carbocycles. The van der Waals surface area contributed by atoms with E-state index in [1.165, 1.54) is 18.5 Å². The third-order valence-electron chi connectivity index (χ3n) is 2.09. The van der Waals surface area contributed by atoms with E-state index in [0.29, 0.717) is 10.0 Å². The van der Waals surface area contributed by atoms with Crippen LogP contribution < -0.4 is 5.32 Å². The van der Waals surface area contributed by atoms with E-state index in [4.69, 9.17) is 4.74 Å². The number of carbonyl (C=O) groups is 1. The van der Waals surface area contributed by atoms with Gasteiger partial charge in [-0.2, -0.15) is 13.2 Å². The van der Waals surface area contributed by atoms with Crippen LogP contribution in [0, 0.1) is 0 Å². The van der Waals surface area contributed by atoms with Crippen LogP contribution in [0.1, 0.15) is 18.5 Å². The molecule has 1 unspecified atom stereocenters. The van der Waals surface area contributed by atoms with Gasteiger partial charge < -0.3 is 4.74 Å². The first-order valence-electron chi connectivity index (χ1n) is 5.40. The molecule has 1 rings (SSSR count). The minimum atomic E-state index is -4.41. The Kier molecular flexibility index (Phi) is 5.74. The summed E-state index contributed by atoms with van der Waals surface area (Å²) in [5.74, 6) is -0.772. The van der Waals surface area contributed by atoms with Crippen LogP contribution in [0.25, 0.3) is 0 Å². The van der Waals surface area contributed by atoms with Gasteiger partial charge in [-0.15, -0.1) is 0 Å². The van der Waals surface area contributed by atoms with Crippen molar-refractivity contribution in [3.8, 4) is 0 Å². The van der Waals surface area contributed by atoms with Gasteiger partial charge >= 0.3 is 12.1 Å². The summed E-state index contributed by atoms with van der Waals surface area (Å²) >= 11 is 3.14. The number of esters is 1. The fraction of sp³-hybridized carbons (Fsp3) is 0.455. The third kappa shape index (κ3) is 5.56. The molecule has 0 saturated carbocycles.